The highest BCUT2D eigenvalue weighted by atomic mass is 16.5. The van der Waals surface area contributed by atoms with Crippen molar-refractivity contribution in [2.24, 2.45) is 0 Å². The van der Waals surface area contributed by atoms with Gasteiger partial charge in [-0.3, -0.25) is 0 Å². The lowest BCUT2D eigenvalue weighted by Gasteiger charge is -2.36. The van der Waals surface area contributed by atoms with E-state index in [0.717, 1.165) is 64.8 Å². The Morgan fingerprint density at radius 1 is 1.07 bits per heavy atom. The van der Waals surface area contributed by atoms with Gasteiger partial charge in [-0.05, 0) is 50.8 Å². The number of hydrogen-bond donors (Lipinski definition) is 1. The molecule has 0 saturated heterocycles. The van der Waals surface area contributed by atoms with Gasteiger partial charge < -0.3 is 14.4 Å². The molecule has 0 spiro atoms. The van der Waals surface area contributed by atoms with Gasteiger partial charge in [0.05, 0.1) is 17.3 Å². The molecule has 0 radical (unpaired) electrons. The van der Waals surface area contributed by atoms with E-state index in [2.05, 4.69) is 57.1 Å². The molecule has 4 nitrogen and oxygen atoms in total. The van der Waals surface area contributed by atoms with E-state index >= 15 is 0 Å². The number of aromatic hydroxyl groups is 1. The van der Waals surface area contributed by atoms with Gasteiger partial charge in [-0.25, -0.2) is 0 Å². The Kier molecular flexibility index (Phi) is 4.66. The molecule has 0 bridgehead atoms. The molecule has 0 amide bonds. The maximum Gasteiger partial charge on any atom is 0.170 e. The predicted molar refractivity (Wildman–Crippen MR) is 111 cm³/mol. The van der Waals surface area contributed by atoms with E-state index < -0.39 is 5.60 Å². The van der Waals surface area contributed by atoms with Crippen LogP contribution in [0.2, 0.25) is 0 Å². The lowest BCUT2D eigenvalue weighted by molar-refractivity contribution is 0.105. The number of nitrogens with zero attached hydrogens (tertiary/aromatic N) is 1. The lowest BCUT2D eigenvalue weighted by atomic mass is 9.83. The molecule has 28 heavy (non-hydrogen) atoms. The molecule has 0 aliphatic carbocycles. The van der Waals surface area contributed by atoms with E-state index in [1.165, 1.54) is 0 Å². The molecule has 2 aromatic carbocycles. The van der Waals surface area contributed by atoms with E-state index in [1.54, 1.807) is 12.3 Å². The molecule has 0 fully saturated rings. The Balaban J connectivity index is 1.96. The molecule has 146 valence electrons. The van der Waals surface area contributed by atoms with Crippen LogP contribution in [0.5, 0.6) is 11.5 Å². The number of phenols is 1. The summed E-state index contributed by atoms with van der Waals surface area (Å²) in [5, 5.41) is 15.2. The van der Waals surface area contributed by atoms with Crippen molar-refractivity contribution >= 4 is 0 Å². The first-order chi connectivity index (χ1) is 13.4. The van der Waals surface area contributed by atoms with Crippen LogP contribution in [0, 0.1) is 6.92 Å². The molecule has 2 heterocycles. The number of ether oxygens (including phenoxy) is 1. The summed E-state index contributed by atoms with van der Waals surface area (Å²) >= 11 is 0. The topological polar surface area (TPSA) is 55.5 Å². The molecule has 0 unspecified atom stereocenters. The Morgan fingerprint density at radius 2 is 1.89 bits per heavy atom. The zero-order valence-corrected chi connectivity index (χ0v) is 17.0. The van der Waals surface area contributed by atoms with Gasteiger partial charge in [0.1, 0.15) is 17.1 Å². The zero-order valence-electron chi connectivity index (χ0n) is 17.0. The third-order valence-electron chi connectivity index (χ3n) is 5.54. The van der Waals surface area contributed by atoms with Crippen LogP contribution < -0.4 is 4.74 Å². The van der Waals surface area contributed by atoms with Crippen molar-refractivity contribution in [3.8, 4) is 33.9 Å². The molecule has 1 aliphatic heterocycles. The van der Waals surface area contributed by atoms with Crippen LogP contribution in [0.25, 0.3) is 22.5 Å². The number of rotatable bonds is 5. The molecule has 3 aromatic rings. The maximum atomic E-state index is 11.4. The monoisotopic (exact) mass is 377 g/mol. The van der Waals surface area contributed by atoms with Crippen molar-refractivity contribution in [3.05, 3.63) is 53.2 Å². The minimum absolute atomic E-state index is 0.211. The number of benzene rings is 2. The van der Waals surface area contributed by atoms with E-state index in [9.17, 15) is 5.11 Å². The van der Waals surface area contributed by atoms with Gasteiger partial charge in [0, 0.05) is 11.6 Å². The van der Waals surface area contributed by atoms with Crippen LogP contribution >= 0.6 is 0 Å². The van der Waals surface area contributed by atoms with Gasteiger partial charge in [0.2, 0.25) is 0 Å². The van der Waals surface area contributed by atoms with Gasteiger partial charge in [0.25, 0.3) is 0 Å². The Morgan fingerprint density at radius 3 is 2.61 bits per heavy atom. The van der Waals surface area contributed by atoms with Crippen LogP contribution in [0.15, 0.2) is 41.1 Å². The smallest absolute Gasteiger partial charge is 0.170 e. The van der Waals surface area contributed by atoms with Crippen molar-refractivity contribution in [1.29, 1.82) is 0 Å². The van der Waals surface area contributed by atoms with Crippen molar-refractivity contribution in [1.82, 2.24) is 5.16 Å². The average Bonchev–Trinajstić information content (AvgIpc) is 3.15. The minimum Gasteiger partial charge on any atom is -0.506 e. The molecular weight excluding hydrogens is 350 g/mol. The van der Waals surface area contributed by atoms with Crippen LogP contribution in [-0.2, 0) is 12.0 Å². The van der Waals surface area contributed by atoms with Crippen molar-refractivity contribution in [2.45, 2.75) is 59.0 Å². The van der Waals surface area contributed by atoms with E-state index in [0.29, 0.717) is 5.76 Å². The summed E-state index contributed by atoms with van der Waals surface area (Å²) in [6, 6.07) is 10.2. The standard InChI is InChI=1S/C24H27NO3/c1-5-6-7-8-16-14-20-22(23(26)21(16)19-11-12-25-28-19)17-13-15(2)9-10-18(17)24(3,4)27-20/h9-14,26H,5-8H2,1-4H3. The molecule has 1 N–H and O–H groups in total. The summed E-state index contributed by atoms with van der Waals surface area (Å²) in [5.41, 5.74) is 5.28. The summed E-state index contributed by atoms with van der Waals surface area (Å²) in [7, 11) is 0. The fraction of sp³-hybridized carbons (Fsp3) is 0.375. The molecular formula is C24H27NO3. The van der Waals surface area contributed by atoms with Crippen molar-refractivity contribution < 1.29 is 14.4 Å². The van der Waals surface area contributed by atoms with Gasteiger partial charge in [-0.15, -0.1) is 0 Å². The second-order valence-electron chi connectivity index (χ2n) is 8.13. The number of hydrogen-bond acceptors (Lipinski definition) is 4. The van der Waals surface area contributed by atoms with Gasteiger partial charge in [-0.2, -0.15) is 0 Å². The molecule has 0 atom stereocenters. The summed E-state index contributed by atoms with van der Waals surface area (Å²) in [5.74, 6) is 1.53. The summed E-state index contributed by atoms with van der Waals surface area (Å²) in [6.45, 7) is 8.40. The first-order valence-corrected chi connectivity index (χ1v) is 10.0. The largest absolute Gasteiger partial charge is 0.506 e. The molecule has 4 rings (SSSR count). The highest BCUT2D eigenvalue weighted by molar-refractivity contribution is 5.89. The SMILES string of the molecule is CCCCCc1cc2c(c(O)c1-c1ccno1)-c1cc(C)ccc1C(C)(C)O2. The Hall–Kier alpha value is -2.75. The third-order valence-corrected chi connectivity index (χ3v) is 5.54. The fourth-order valence-electron chi connectivity index (χ4n) is 4.14. The summed E-state index contributed by atoms with van der Waals surface area (Å²) in [6.07, 6.45) is 5.80. The lowest BCUT2D eigenvalue weighted by Crippen LogP contribution is -2.29. The zero-order chi connectivity index (χ0) is 19.9. The number of unbranched alkanes of at least 4 members (excludes halogenated alkanes) is 2. The van der Waals surface area contributed by atoms with Crippen molar-refractivity contribution in [2.75, 3.05) is 0 Å². The average molecular weight is 377 g/mol. The number of phenolic OH excluding ortho intramolecular Hbond substituents is 1. The summed E-state index contributed by atoms with van der Waals surface area (Å²) < 4.78 is 11.8. The first kappa shape index (κ1) is 18.6. The second-order valence-corrected chi connectivity index (χ2v) is 8.13. The molecule has 1 aromatic heterocycles. The van der Waals surface area contributed by atoms with Crippen LogP contribution in [0.3, 0.4) is 0 Å². The van der Waals surface area contributed by atoms with Gasteiger partial charge in [-0.1, -0.05) is 48.7 Å². The quantitative estimate of drug-likeness (QED) is 0.524. The number of aromatic nitrogens is 1. The second kappa shape index (κ2) is 7.01. The van der Waals surface area contributed by atoms with Gasteiger partial charge in [0.15, 0.2) is 5.76 Å². The van der Waals surface area contributed by atoms with E-state index in [4.69, 9.17) is 9.26 Å². The minimum atomic E-state index is -0.461. The maximum absolute atomic E-state index is 11.4. The normalized spacial score (nSPS) is 14.3. The Bertz CT molecular complexity index is 1000. The number of aryl methyl sites for hydroxylation is 2. The summed E-state index contributed by atoms with van der Waals surface area (Å²) in [4.78, 5) is 0. The Labute approximate surface area is 166 Å². The van der Waals surface area contributed by atoms with Crippen molar-refractivity contribution in [3.63, 3.8) is 0 Å². The van der Waals surface area contributed by atoms with Crippen LogP contribution in [-0.4, -0.2) is 10.3 Å². The predicted octanol–water partition coefficient (Wildman–Crippen LogP) is 6.38. The molecule has 4 heteroatoms. The highest BCUT2D eigenvalue weighted by Crippen LogP contribution is 2.53. The highest BCUT2D eigenvalue weighted by Gasteiger charge is 2.36. The van der Waals surface area contributed by atoms with E-state index in [1.807, 2.05) is 0 Å². The van der Waals surface area contributed by atoms with Gasteiger partial charge >= 0.3 is 0 Å². The fourth-order valence-corrected chi connectivity index (χ4v) is 4.14. The molecule has 0 saturated carbocycles. The number of fused-ring (bicyclic) bond motifs is 3. The van der Waals surface area contributed by atoms with Crippen LogP contribution in [0.1, 0.15) is 56.7 Å². The van der Waals surface area contributed by atoms with E-state index in [-0.39, 0.29) is 5.75 Å². The first-order valence-electron chi connectivity index (χ1n) is 10.0. The molecule has 1 aliphatic rings. The third kappa shape index (κ3) is 3.07. The van der Waals surface area contributed by atoms with Crippen LogP contribution in [0.4, 0.5) is 0 Å².